The number of aromatic hydroxyl groups is 1. The molecule has 1 saturated heterocycles. The summed E-state index contributed by atoms with van der Waals surface area (Å²) in [5.74, 6) is -3.46. The smallest absolute Gasteiger partial charge is 0.238 e. The van der Waals surface area contributed by atoms with Gasteiger partial charge in [0.1, 0.15) is 0 Å². The molecule has 6 atom stereocenters. The number of benzene rings is 2. The monoisotopic (exact) mass is 555 g/mol. The average molecular weight is 556 g/mol. The van der Waals surface area contributed by atoms with Crippen LogP contribution in [-0.4, -0.2) is 42.7 Å². The second-order valence-corrected chi connectivity index (χ2v) is 11.7. The number of amides is 2. The highest BCUT2D eigenvalue weighted by atomic mass is 16.5. The van der Waals surface area contributed by atoms with Gasteiger partial charge in [-0.15, -0.1) is 0 Å². The second kappa shape index (κ2) is 9.43. The number of ketones is 2. The molecule has 0 radical (unpaired) electrons. The second-order valence-electron chi connectivity index (χ2n) is 11.7. The first-order valence-corrected chi connectivity index (χ1v) is 13.9. The van der Waals surface area contributed by atoms with Gasteiger partial charge in [-0.2, -0.15) is 0 Å². The number of para-hydroxylation sites is 1. The number of ether oxygens (including phenoxy) is 2. The SMILES string of the molecule is COc1cc([C@H]2C3=CC[C@@H]4C(=O)N(c5ccccc5)C(=O)[C@@H]4[C@@H]3C[C@H]3C(=O)C(C)=C(C)C(=O)[C@@]23C)cc(OC)c1O. The molecule has 1 N–H and O–H groups in total. The summed E-state index contributed by atoms with van der Waals surface area (Å²) >= 11 is 0. The molecule has 8 heteroatoms. The van der Waals surface area contributed by atoms with Gasteiger partial charge in [0, 0.05) is 11.8 Å². The lowest BCUT2D eigenvalue weighted by atomic mass is 9.46. The molecule has 2 fully saturated rings. The van der Waals surface area contributed by atoms with E-state index in [1.165, 1.54) is 19.1 Å². The van der Waals surface area contributed by atoms with Gasteiger partial charge < -0.3 is 14.6 Å². The fourth-order valence-electron chi connectivity index (χ4n) is 7.87. The number of imide groups is 1. The maximum atomic E-state index is 14.2. The van der Waals surface area contributed by atoms with Gasteiger partial charge in [0.25, 0.3) is 0 Å². The number of allylic oxidation sites excluding steroid dienone is 4. The van der Waals surface area contributed by atoms with E-state index in [1.807, 2.05) is 19.1 Å². The summed E-state index contributed by atoms with van der Waals surface area (Å²) in [6, 6.07) is 12.3. The van der Waals surface area contributed by atoms with E-state index in [4.69, 9.17) is 9.47 Å². The van der Waals surface area contributed by atoms with E-state index >= 15 is 0 Å². The van der Waals surface area contributed by atoms with E-state index in [0.717, 1.165) is 5.57 Å². The molecule has 0 aromatic heterocycles. The number of hydrogen-bond acceptors (Lipinski definition) is 7. The Labute approximate surface area is 238 Å². The summed E-state index contributed by atoms with van der Waals surface area (Å²) in [5, 5.41) is 10.7. The molecule has 1 aliphatic heterocycles. The van der Waals surface area contributed by atoms with Crippen LogP contribution in [0.15, 0.2) is 65.3 Å². The minimum Gasteiger partial charge on any atom is -0.502 e. The van der Waals surface area contributed by atoms with Crippen molar-refractivity contribution in [2.45, 2.75) is 39.5 Å². The molecule has 41 heavy (non-hydrogen) atoms. The van der Waals surface area contributed by atoms with Crippen molar-refractivity contribution in [1.82, 2.24) is 0 Å². The van der Waals surface area contributed by atoms with E-state index < -0.39 is 35.0 Å². The van der Waals surface area contributed by atoms with Crippen LogP contribution in [0.5, 0.6) is 17.2 Å². The third-order valence-corrected chi connectivity index (χ3v) is 10.0. The molecule has 212 valence electrons. The first-order chi connectivity index (χ1) is 19.6. The van der Waals surface area contributed by atoms with Crippen LogP contribution < -0.4 is 14.4 Å². The Morgan fingerprint density at radius 1 is 0.902 bits per heavy atom. The molecule has 8 nitrogen and oxygen atoms in total. The zero-order valence-electron chi connectivity index (χ0n) is 23.8. The van der Waals surface area contributed by atoms with Crippen LogP contribution in [0.2, 0.25) is 0 Å². The Morgan fingerprint density at radius 2 is 1.54 bits per heavy atom. The highest BCUT2D eigenvalue weighted by Gasteiger charge is 2.64. The third kappa shape index (κ3) is 3.59. The van der Waals surface area contributed by atoms with Crippen molar-refractivity contribution in [1.29, 1.82) is 0 Å². The minimum atomic E-state index is -1.15. The summed E-state index contributed by atoms with van der Waals surface area (Å²) in [4.78, 5) is 57.0. The molecule has 0 unspecified atom stereocenters. The molecule has 2 aromatic carbocycles. The number of fused-ring (bicyclic) bond motifs is 4. The van der Waals surface area contributed by atoms with Gasteiger partial charge >= 0.3 is 0 Å². The van der Waals surface area contributed by atoms with Gasteiger partial charge in [0.2, 0.25) is 17.6 Å². The summed E-state index contributed by atoms with van der Waals surface area (Å²) in [7, 11) is 2.87. The van der Waals surface area contributed by atoms with Gasteiger partial charge in [-0.1, -0.05) is 36.8 Å². The molecule has 1 saturated carbocycles. The molecule has 2 aromatic rings. The van der Waals surface area contributed by atoms with Crippen LogP contribution in [0.1, 0.15) is 45.1 Å². The fourth-order valence-corrected chi connectivity index (χ4v) is 7.87. The van der Waals surface area contributed by atoms with Gasteiger partial charge in [-0.05, 0) is 73.6 Å². The van der Waals surface area contributed by atoms with Crippen LogP contribution in [0, 0.1) is 29.1 Å². The number of phenols is 1. The van der Waals surface area contributed by atoms with E-state index in [1.54, 1.807) is 50.2 Å². The number of anilines is 1. The van der Waals surface area contributed by atoms with Crippen LogP contribution in [0.4, 0.5) is 5.69 Å². The minimum absolute atomic E-state index is 0.106. The predicted octanol–water partition coefficient (Wildman–Crippen LogP) is 4.76. The summed E-state index contributed by atoms with van der Waals surface area (Å²) < 4.78 is 10.9. The van der Waals surface area contributed by atoms with Gasteiger partial charge in [-0.25, -0.2) is 0 Å². The number of carbonyl (C=O) groups excluding carboxylic acids is 4. The van der Waals surface area contributed by atoms with E-state index in [-0.39, 0.29) is 40.6 Å². The van der Waals surface area contributed by atoms with E-state index in [0.29, 0.717) is 35.2 Å². The molecule has 0 spiro atoms. The normalized spacial score (nSPS) is 31.0. The average Bonchev–Trinajstić information content (AvgIpc) is 3.24. The topological polar surface area (TPSA) is 110 Å². The lowest BCUT2D eigenvalue weighted by molar-refractivity contribution is -0.142. The Hall–Kier alpha value is -4.20. The third-order valence-electron chi connectivity index (χ3n) is 10.0. The van der Waals surface area contributed by atoms with Crippen molar-refractivity contribution in [3.05, 3.63) is 70.8 Å². The molecule has 4 aliphatic rings. The van der Waals surface area contributed by atoms with Crippen LogP contribution in [0.25, 0.3) is 0 Å². The lowest BCUT2D eigenvalue weighted by Gasteiger charge is -2.54. The number of nitrogens with zero attached hydrogens (tertiary/aromatic N) is 1. The maximum absolute atomic E-state index is 14.2. The van der Waals surface area contributed by atoms with Crippen molar-refractivity contribution in [2.75, 3.05) is 19.1 Å². The van der Waals surface area contributed by atoms with E-state index in [9.17, 15) is 24.3 Å². The molecule has 3 aliphatic carbocycles. The van der Waals surface area contributed by atoms with Gasteiger partial charge in [0.15, 0.2) is 23.1 Å². The van der Waals surface area contributed by atoms with Crippen LogP contribution >= 0.6 is 0 Å². The Bertz CT molecular complexity index is 1550. The largest absolute Gasteiger partial charge is 0.502 e. The van der Waals surface area contributed by atoms with Crippen molar-refractivity contribution in [2.24, 2.45) is 29.1 Å². The Morgan fingerprint density at radius 3 is 2.15 bits per heavy atom. The summed E-state index contributed by atoms with van der Waals surface area (Å²) in [6.45, 7) is 5.22. The van der Waals surface area contributed by atoms with Crippen molar-refractivity contribution < 1.29 is 33.8 Å². The number of hydrogen-bond donors (Lipinski definition) is 1. The number of methoxy groups -OCH3 is 2. The fraction of sp³-hybridized carbons (Fsp3) is 0.394. The van der Waals surface area contributed by atoms with Crippen molar-refractivity contribution in [3.63, 3.8) is 0 Å². The number of carbonyl (C=O) groups is 4. The first kappa shape index (κ1) is 27.0. The zero-order chi connectivity index (χ0) is 29.4. The predicted molar refractivity (Wildman–Crippen MR) is 151 cm³/mol. The summed E-state index contributed by atoms with van der Waals surface area (Å²) in [6.07, 6.45) is 2.65. The number of Topliss-reactive ketones (excluding diaryl/α,β-unsaturated/α-hetero) is 2. The maximum Gasteiger partial charge on any atom is 0.238 e. The Kier molecular flexibility index (Phi) is 6.21. The summed E-state index contributed by atoms with van der Waals surface area (Å²) in [5.41, 5.74) is 1.77. The van der Waals surface area contributed by atoms with Crippen LogP contribution in [0.3, 0.4) is 0 Å². The molecule has 0 bridgehead atoms. The Balaban J connectivity index is 1.55. The first-order valence-electron chi connectivity index (χ1n) is 13.9. The quantitative estimate of drug-likeness (QED) is 0.428. The molecular weight excluding hydrogens is 522 g/mol. The van der Waals surface area contributed by atoms with E-state index in [2.05, 4.69) is 0 Å². The zero-order valence-corrected chi connectivity index (χ0v) is 23.8. The van der Waals surface area contributed by atoms with Gasteiger partial charge in [-0.3, -0.25) is 24.1 Å². The highest BCUT2D eigenvalue weighted by molar-refractivity contribution is 6.22. The highest BCUT2D eigenvalue weighted by Crippen LogP contribution is 2.63. The number of rotatable bonds is 4. The van der Waals surface area contributed by atoms with Crippen LogP contribution in [-0.2, 0) is 19.2 Å². The standard InChI is InChI=1S/C33H33NO7/c1-16-17(2)30(37)33(3)23(28(16)35)15-22-20(27(33)18-13-24(40-4)29(36)25(14-18)41-5)11-12-21-26(22)32(39)34(31(21)38)19-9-7-6-8-10-19/h6-11,13-14,21-23,26-27,36H,12,15H2,1-5H3/t21-,22+,23-,26-,27-,33+/m0/s1. The van der Waals surface area contributed by atoms with Gasteiger partial charge in [0.05, 0.1) is 37.2 Å². The molecule has 6 rings (SSSR count). The molecule has 2 amide bonds. The molecular formula is C33H33NO7. The van der Waals surface area contributed by atoms with Crippen molar-refractivity contribution >= 4 is 29.1 Å². The molecule has 1 heterocycles. The lowest BCUT2D eigenvalue weighted by Crippen LogP contribution is -2.55. The van der Waals surface area contributed by atoms with Crippen molar-refractivity contribution in [3.8, 4) is 17.2 Å². The number of phenolic OH excluding ortho intramolecular Hbond substituents is 1.